The summed E-state index contributed by atoms with van der Waals surface area (Å²) in [4.78, 5) is 23.1. The van der Waals surface area contributed by atoms with Gasteiger partial charge in [0.1, 0.15) is 6.54 Å². The van der Waals surface area contributed by atoms with Gasteiger partial charge in [-0.3, -0.25) is 4.79 Å². The highest BCUT2D eigenvalue weighted by molar-refractivity contribution is 7.18. The van der Waals surface area contributed by atoms with Crippen molar-refractivity contribution in [1.82, 2.24) is 19.4 Å². The first-order chi connectivity index (χ1) is 14.9. The summed E-state index contributed by atoms with van der Waals surface area (Å²) in [6.07, 6.45) is -2.93. The van der Waals surface area contributed by atoms with E-state index in [4.69, 9.17) is 4.98 Å². The van der Waals surface area contributed by atoms with Gasteiger partial charge in [-0.1, -0.05) is 24.3 Å². The zero-order chi connectivity index (χ0) is 21.6. The number of piperidine rings is 1. The van der Waals surface area contributed by atoms with Crippen molar-refractivity contribution < 1.29 is 18.0 Å². The number of halogens is 3. The van der Waals surface area contributed by atoms with Crippen LogP contribution >= 0.6 is 11.3 Å². The van der Waals surface area contributed by atoms with Crippen LogP contribution in [-0.4, -0.2) is 38.4 Å². The van der Waals surface area contributed by atoms with E-state index < -0.39 is 12.0 Å². The summed E-state index contributed by atoms with van der Waals surface area (Å²) < 4.78 is 42.7. The summed E-state index contributed by atoms with van der Waals surface area (Å²) in [5.41, 5.74) is 1.47. The molecule has 160 valence electrons. The van der Waals surface area contributed by atoms with E-state index >= 15 is 0 Å². The van der Waals surface area contributed by atoms with Crippen molar-refractivity contribution in [2.45, 2.75) is 31.5 Å². The second-order valence-electron chi connectivity index (χ2n) is 7.71. The molecule has 1 atom stereocenters. The number of alkyl halides is 3. The Morgan fingerprint density at radius 1 is 1.06 bits per heavy atom. The normalized spacial score (nSPS) is 17.5. The fraction of sp³-hybridized carbons (Fsp3) is 0.318. The number of hydrogen-bond acceptors (Lipinski definition) is 4. The molecule has 1 saturated heterocycles. The summed E-state index contributed by atoms with van der Waals surface area (Å²) in [5.74, 6) is -1.28. The minimum Gasteiger partial charge on any atom is -0.340 e. The number of amides is 1. The number of aromatic nitrogens is 3. The zero-order valence-electron chi connectivity index (χ0n) is 16.5. The number of benzene rings is 2. The van der Waals surface area contributed by atoms with Crippen molar-refractivity contribution in [1.29, 1.82) is 0 Å². The van der Waals surface area contributed by atoms with Crippen LogP contribution < -0.4 is 0 Å². The van der Waals surface area contributed by atoms with Crippen molar-refractivity contribution in [2.24, 2.45) is 0 Å². The number of carbonyl (C=O) groups excluding carboxylic acids is 1. The van der Waals surface area contributed by atoms with Crippen molar-refractivity contribution in [3.05, 3.63) is 59.4 Å². The Labute approximate surface area is 180 Å². The summed E-state index contributed by atoms with van der Waals surface area (Å²) in [7, 11) is 0. The number of thiazole rings is 1. The van der Waals surface area contributed by atoms with E-state index in [9.17, 15) is 18.0 Å². The number of nitrogens with zero attached hydrogens (tertiary/aromatic N) is 4. The molecule has 5 nitrogen and oxygen atoms in total. The number of fused-ring (bicyclic) bond motifs is 2. The van der Waals surface area contributed by atoms with E-state index in [1.807, 2.05) is 24.3 Å². The van der Waals surface area contributed by atoms with Crippen LogP contribution in [-0.2, 0) is 17.5 Å². The molecule has 9 heteroatoms. The molecule has 1 aliphatic heterocycles. The average molecular weight is 444 g/mol. The van der Waals surface area contributed by atoms with E-state index in [-0.39, 0.29) is 23.9 Å². The first kappa shape index (κ1) is 20.0. The third-order valence-corrected chi connectivity index (χ3v) is 6.83. The monoisotopic (exact) mass is 444 g/mol. The lowest BCUT2D eigenvalue weighted by Gasteiger charge is -2.32. The van der Waals surface area contributed by atoms with Gasteiger partial charge in [-0.15, -0.1) is 11.3 Å². The Morgan fingerprint density at radius 2 is 1.81 bits per heavy atom. The van der Waals surface area contributed by atoms with Gasteiger partial charge in [-0.25, -0.2) is 9.97 Å². The lowest BCUT2D eigenvalue weighted by Crippen LogP contribution is -2.41. The highest BCUT2D eigenvalue weighted by Gasteiger charge is 2.38. The molecule has 1 amide bonds. The molecule has 0 radical (unpaired) electrons. The fourth-order valence-electron chi connectivity index (χ4n) is 4.16. The van der Waals surface area contributed by atoms with E-state index in [0.29, 0.717) is 18.6 Å². The Kier molecular flexibility index (Phi) is 4.92. The van der Waals surface area contributed by atoms with Crippen LogP contribution in [0, 0.1) is 0 Å². The van der Waals surface area contributed by atoms with Crippen LogP contribution in [0.1, 0.15) is 29.6 Å². The SMILES string of the molecule is O=C(Cn1c(C(F)(F)F)nc2ccccc21)N1CCCC(c2nc3ccccc3s2)C1. The molecular formula is C22H19F3N4OS. The minimum atomic E-state index is -4.63. The molecule has 0 bridgehead atoms. The zero-order valence-corrected chi connectivity index (χ0v) is 17.3. The summed E-state index contributed by atoms with van der Waals surface area (Å²) in [5, 5.41) is 0.975. The molecule has 31 heavy (non-hydrogen) atoms. The first-order valence-corrected chi connectivity index (χ1v) is 10.9. The van der Waals surface area contributed by atoms with Gasteiger partial charge in [0.25, 0.3) is 0 Å². The van der Waals surface area contributed by atoms with Gasteiger partial charge >= 0.3 is 6.18 Å². The number of rotatable bonds is 3. The highest BCUT2D eigenvalue weighted by Crippen LogP contribution is 2.34. The number of likely N-dealkylation sites (tertiary alicyclic amines) is 1. The fourth-order valence-corrected chi connectivity index (χ4v) is 5.25. The number of carbonyl (C=O) groups is 1. The molecule has 0 N–H and O–H groups in total. The predicted molar refractivity (Wildman–Crippen MR) is 113 cm³/mol. The molecule has 0 spiro atoms. The van der Waals surface area contributed by atoms with Crippen molar-refractivity contribution in [2.75, 3.05) is 13.1 Å². The van der Waals surface area contributed by atoms with Gasteiger partial charge in [0, 0.05) is 19.0 Å². The molecule has 2 aromatic carbocycles. The van der Waals surface area contributed by atoms with Crippen LogP contribution in [0.15, 0.2) is 48.5 Å². The molecule has 4 aromatic rings. The van der Waals surface area contributed by atoms with Crippen LogP contribution in [0.3, 0.4) is 0 Å². The minimum absolute atomic E-state index is 0.0942. The summed E-state index contributed by atoms with van der Waals surface area (Å²) in [6.45, 7) is 0.614. The Hall–Kier alpha value is -2.94. The molecule has 3 heterocycles. The lowest BCUT2D eigenvalue weighted by atomic mass is 9.98. The van der Waals surface area contributed by atoms with Gasteiger partial charge in [0.05, 0.1) is 26.3 Å². The predicted octanol–water partition coefficient (Wildman–Crippen LogP) is 5.07. The number of para-hydroxylation sites is 3. The average Bonchev–Trinajstić information content (AvgIpc) is 3.36. The van der Waals surface area contributed by atoms with Gasteiger partial charge in [-0.2, -0.15) is 13.2 Å². The molecule has 2 aromatic heterocycles. The topological polar surface area (TPSA) is 51.0 Å². The number of imidazole rings is 1. The third-order valence-electron chi connectivity index (χ3n) is 5.64. The maximum Gasteiger partial charge on any atom is 0.449 e. The van der Waals surface area contributed by atoms with Gasteiger partial charge < -0.3 is 9.47 Å². The lowest BCUT2D eigenvalue weighted by molar-refractivity contribution is -0.148. The van der Waals surface area contributed by atoms with Crippen LogP contribution in [0.25, 0.3) is 21.3 Å². The standard InChI is InChI=1S/C22H19F3N4OS/c23-22(24,25)21-27-15-7-1-3-9-17(15)29(21)13-19(30)28-11-5-6-14(12-28)20-26-16-8-2-4-10-18(16)31-20/h1-4,7-10,14H,5-6,11-13H2. The molecule has 1 unspecified atom stereocenters. The molecule has 5 rings (SSSR count). The van der Waals surface area contributed by atoms with Crippen molar-refractivity contribution in [3.8, 4) is 0 Å². The van der Waals surface area contributed by atoms with Crippen molar-refractivity contribution in [3.63, 3.8) is 0 Å². The smallest absolute Gasteiger partial charge is 0.340 e. The second-order valence-corrected chi connectivity index (χ2v) is 8.77. The quantitative estimate of drug-likeness (QED) is 0.443. The largest absolute Gasteiger partial charge is 0.449 e. The van der Waals surface area contributed by atoms with Gasteiger partial charge in [0.2, 0.25) is 11.7 Å². The van der Waals surface area contributed by atoms with Crippen LogP contribution in [0.5, 0.6) is 0 Å². The number of hydrogen-bond donors (Lipinski definition) is 0. The van der Waals surface area contributed by atoms with Gasteiger partial charge in [-0.05, 0) is 37.1 Å². The van der Waals surface area contributed by atoms with Crippen LogP contribution in [0.2, 0.25) is 0 Å². The third kappa shape index (κ3) is 3.78. The highest BCUT2D eigenvalue weighted by atomic mass is 32.1. The summed E-state index contributed by atoms with van der Waals surface area (Å²) >= 11 is 1.62. The Morgan fingerprint density at radius 3 is 2.58 bits per heavy atom. The van der Waals surface area contributed by atoms with E-state index in [0.717, 1.165) is 32.6 Å². The Balaban J connectivity index is 1.39. The van der Waals surface area contributed by atoms with Crippen molar-refractivity contribution >= 4 is 38.5 Å². The summed E-state index contributed by atoms with van der Waals surface area (Å²) in [6, 6.07) is 14.3. The van der Waals surface area contributed by atoms with Gasteiger partial charge in [0.15, 0.2) is 0 Å². The molecular weight excluding hydrogens is 425 g/mol. The second kappa shape index (κ2) is 7.64. The molecule has 1 aliphatic rings. The molecule has 0 aliphatic carbocycles. The van der Waals surface area contributed by atoms with E-state index in [1.54, 1.807) is 34.4 Å². The van der Waals surface area contributed by atoms with Crippen LogP contribution in [0.4, 0.5) is 13.2 Å². The first-order valence-electron chi connectivity index (χ1n) is 10.1. The Bertz CT molecular complexity index is 1230. The van der Waals surface area contributed by atoms with E-state index in [1.165, 1.54) is 6.07 Å². The molecule has 1 fully saturated rings. The molecule has 0 saturated carbocycles. The maximum atomic E-state index is 13.5. The maximum absolute atomic E-state index is 13.5. The van der Waals surface area contributed by atoms with E-state index in [2.05, 4.69) is 4.98 Å².